The molecule has 0 bridgehead atoms. The van der Waals surface area contributed by atoms with Gasteiger partial charge in [-0.05, 0) is 37.3 Å². The summed E-state index contributed by atoms with van der Waals surface area (Å²) in [6.45, 7) is 7.21. The second kappa shape index (κ2) is 6.09. The molecule has 2 N–H and O–H groups in total. The van der Waals surface area contributed by atoms with Crippen molar-refractivity contribution in [3.63, 3.8) is 0 Å². The summed E-state index contributed by atoms with van der Waals surface area (Å²) in [6.07, 6.45) is 1.87. The van der Waals surface area contributed by atoms with Crippen molar-refractivity contribution in [1.29, 1.82) is 0 Å². The SMILES string of the molecule is CC(C)CCNC(=O)C1Cc2ccccc2NC1C. The first-order valence-electron chi connectivity index (χ1n) is 7.20. The second-order valence-corrected chi connectivity index (χ2v) is 5.87. The quantitative estimate of drug-likeness (QED) is 0.874. The Balaban J connectivity index is 1.96. The number of benzene rings is 1. The Morgan fingerprint density at radius 1 is 1.42 bits per heavy atom. The number of carbonyl (C=O) groups excluding carboxylic acids is 1. The predicted molar refractivity (Wildman–Crippen MR) is 79.2 cm³/mol. The van der Waals surface area contributed by atoms with E-state index in [1.165, 1.54) is 11.3 Å². The molecule has 19 heavy (non-hydrogen) atoms. The summed E-state index contributed by atoms with van der Waals surface area (Å²) >= 11 is 0. The molecule has 104 valence electrons. The molecule has 0 saturated carbocycles. The average Bonchev–Trinajstić information content (AvgIpc) is 2.37. The number of para-hydroxylation sites is 1. The molecule has 1 aromatic rings. The molecule has 1 amide bonds. The van der Waals surface area contributed by atoms with Gasteiger partial charge in [0.15, 0.2) is 0 Å². The predicted octanol–water partition coefficient (Wildman–Crippen LogP) is 2.82. The van der Waals surface area contributed by atoms with Crippen LogP contribution < -0.4 is 10.6 Å². The van der Waals surface area contributed by atoms with Gasteiger partial charge in [0.05, 0.1) is 5.92 Å². The molecule has 2 atom stereocenters. The van der Waals surface area contributed by atoms with Crippen molar-refractivity contribution >= 4 is 11.6 Å². The van der Waals surface area contributed by atoms with Gasteiger partial charge in [0, 0.05) is 18.3 Å². The van der Waals surface area contributed by atoms with E-state index in [4.69, 9.17) is 0 Å². The lowest BCUT2D eigenvalue weighted by molar-refractivity contribution is -0.125. The summed E-state index contributed by atoms with van der Waals surface area (Å²) in [5.74, 6) is 0.833. The van der Waals surface area contributed by atoms with Crippen molar-refractivity contribution in [3.05, 3.63) is 29.8 Å². The zero-order valence-corrected chi connectivity index (χ0v) is 12.1. The Morgan fingerprint density at radius 2 is 2.16 bits per heavy atom. The molecule has 1 heterocycles. The van der Waals surface area contributed by atoms with E-state index in [-0.39, 0.29) is 17.9 Å². The highest BCUT2D eigenvalue weighted by atomic mass is 16.1. The number of carbonyl (C=O) groups is 1. The van der Waals surface area contributed by atoms with Gasteiger partial charge in [-0.1, -0.05) is 32.0 Å². The van der Waals surface area contributed by atoms with Gasteiger partial charge in [-0.2, -0.15) is 0 Å². The summed E-state index contributed by atoms with van der Waals surface area (Å²) in [7, 11) is 0. The highest BCUT2D eigenvalue weighted by molar-refractivity contribution is 5.81. The maximum atomic E-state index is 12.2. The third kappa shape index (κ3) is 3.49. The highest BCUT2D eigenvalue weighted by Crippen LogP contribution is 2.28. The molecule has 1 aliphatic heterocycles. The molecule has 0 aliphatic carbocycles. The molecule has 0 radical (unpaired) electrons. The van der Waals surface area contributed by atoms with Crippen molar-refractivity contribution in [3.8, 4) is 0 Å². The van der Waals surface area contributed by atoms with Gasteiger partial charge in [0.2, 0.25) is 5.91 Å². The van der Waals surface area contributed by atoms with Crippen molar-refractivity contribution in [2.24, 2.45) is 11.8 Å². The van der Waals surface area contributed by atoms with E-state index < -0.39 is 0 Å². The van der Waals surface area contributed by atoms with Gasteiger partial charge in [-0.15, -0.1) is 0 Å². The number of amides is 1. The molecule has 1 aliphatic rings. The van der Waals surface area contributed by atoms with Crippen molar-refractivity contribution in [2.45, 2.75) is 39.7 Å². The monoisotopic (exact) mass is 260 g/mol. The molecule has 2 rings (SSSR count). The van der Waals surface area contributed by atoms with Crippen LogP contribution in [-0.2, 0) is 11.2 Å². The number of anilines is 1. The van der Waals surface area contributed by atoms with Gasteiger partial charge in [0.25, 0.3) is 0 Å². The van der Waals surface area contributed by atoms with Crippen molar-refractivity contribution in [2.75, 3.05) is 11.9 Å². The molecule has 0 fully saturated rings. The zero-order chi connectivity index (χ0) is 13.8. The fourth-order valence-corrected chi connectivity index (χ4v) is 2.53. The Morgan fingerprint density at radius 3 is 2.89 bits per heavy atom. The van der Waals surface area contributed by atoms with E-state index in [0.29, 0.717) is 5.92 Å². The lowest BCUT2D eigenvalue weighted by atomic mass is 9.87. The maximum absolute atomic E-state index is 12.2. The van der Waals surface area contributed by atoms with Gasteiger partial charge < -0.3 is 10.6 Å². The van der Waals surface area contributed by atoms with E-state index >= 15 is 0 Å². The summed E-state index contributed by atoms with van der Waals surface area (Å²) in [5.41, 5.74) is 2.41. The zero-order valence-electron chi connectivity index (χ0n) is 12.1. The molecule has 2 unspecified atom stereocenters. The molecule has 0 aromatic heterocycles. The van der Waals surface area contributed by atoms with Crippen LogP contribution in [-0.4, -0.2) is 18.5 Å². The minimum Gasteiger partial charge on any atom is -0.382 e. The molecular weight excluding hydrogens is 236 g/mol. The van der Waals surface area contributed by atoms with Gasteiger partial charge in [-0.25, -0.2) is 0 Å². The summed E-state index contributed by atoms with van der Waals surface area (Å²) in [5, 5.41) is 6.50. The Hall–Kier alpha value is -1.51. The van der Waals surface area contributed by atoms with E-state index in [1.54, 1.807) is 0 Å². The Bertz CT molecular complexity index is 442. The Labute approximate surface area is 115 Å². The second-order valence-electron chi connectivity index (χ2n) is 5.87. The highest BCUT2D eigenvalue weighted by Gasteiger charge is 2.29. The molecule has 3 nitrogen and oxygen atoms in total. The first kappa shape index (κ1) is 13.9. The smallest absolute Gasteiger partial charge is 0.225 e. The van der Waals surface area contributed by atoms with Crippen LogP contribution in [0.3, 0.4) is 0 Å². The van der Waals surface area contributed by atoms with E-state index in [1.807, 2.05) is 12.1 Å². The van der Waals surface area contributed by atoms with E-state index in [9.17, 15) is 4.79 Å². The molecular formula is C16H24N2O. The van der Waals surface area contributed by atoms with Crippen LogP contribution >= 0.6 is 0 Å². The lowest BCUT2D eigenvalue weighted by Crippen LogP contribution is -2.43. The van der Waals surface area contributed by atoms with E-state index in [2.05, 4.69) is 43.5 Å². The largest absolute Gasteiger partial charge is 0.382 e. The van der Waals surface area contributed by atoms with Crippen LogP contribution in [0.5, 0.6) is 0 Å². The minimum atomic E-state index is 0.0297. The van der Waals surface area contributed by atoms with Gasteiger partial charge in [-0.3, -0.25) is 4.79 Å². The summed E-state index contributed by atoms with van der Waals surface area (Å²) in [4.78, 5) is 12.2. The molecule has 0 spiro atoms. The fraction of sp³-hybridized carbons (Fsp3) is 0.562. The first-order chi connectivity index (χ1) is 9.08. The first-order valence-corrected chi connectivity index (χ1v) is 7.20. The Kier molecular flexibility index (Phi) is 4.46. The van der Waals surface area contributed by atoms with Gasteiger partial charge >= 0.3 is 0 Å². The summed E-state index contributed by atoms with van der Waals surface area (Å²) in [6, 6.07) is 8.43. The average molecular weight is 260 g/mol. The number of hydrogen-bond donors (Lipinski definition) is 2. The van der Waals surface area contributed by atoms with E-state index in [0.717, 1.165) is 19.4 Å². The van der Waals surface area contributed by atoms with Gasteiger partial charge in [0.1, 0.15) is 0 Å². The van der Waals surface area contributed by atoms with Crippen LogP contribution in [0, 0.1) is 11.8 Å². The van der Waals surface area contributed by atoms with Crippen LogP contribution in [0.15, 0.2) is 24.3 Å². The standard InChI is InChI=1S/C16H24N2O/c1-11(2)8-9-17-16(19)14-10-13-6-4-5-7-15(13)18-12(14)3/h4-7,11-12,14,18H,8-10H2,1-3H3,(H,17,19). The summed E-state index contributed by atoms with van der Waals surface area (Å²) < 4.78 is 0. The lowest BCUT2D eigenvalue weighted by Gasteiger charge is -2.31. The van der Waals surface area contributed by atoms with Crippen LogP contribution in [0.4, 0.5) is 5.69 Å². The van der Waals surface area contributed by atoms with Crippen LogP contribution in [0.1, 0.15) is 32.8 Å². The molecule has 0 saturated heterocycles. The minimum absolute atomic E-state index is 0.0297. The molecule has 1 aromatic carbocycles. The van der Waals surface area contributed by atoms with Crippen LogP contribution in [0.2, 0.25) is 0 Å². The van der Waals surface area contributed by atoms with Crippen molar-refractivity contribution < 1.29 is 4.79 Å². The number of hydrogen-bond acceptors (Lipinski definition) is 2. The van der Waals surface area contributed by atoms with Crippen LogP contribution in [0.25, 0.3) is 0 Å². The number of rotatable bonds is 4. The third-order valence-corrected chi connectivity index (χ3v) is 3.80. The number of nitrogens with one attached hydrogen (secondary N) is 2. The fourth-order valence-electron chi connectivity index (χ4n) is 2.53. The maximum Gasteiger partial charge on any atom is 0.225 e. The third-order valence-electron chi connectivity index (χ3n) is 3.80. The normalized spacial score (nSPS) is 21.7. The number of fused-ring (bicyclic) bond motifs is 1. The topological polar surface area (TPSA) is 41.1 Å². The van der Waals surface area contributed by atoms with Crippen molar-refractivity contribution in [1.82, 2.24) is 5.32 Å². The molecule has 3 heteroatoms.